The highest BCUT2D eigenvalue weighted by molar-refractivity contribution is 6.34. The summed E-state index contributed by atoms with van der Waals surface area (Å²) in [6.45, 7) is 11.8. The van der Waals surface area contributed by atoms with E-state index in [1.54, 1.807) is 0 Å². The van der Waals surface area contributed by atoms with Gasteiger partial charge in [-0.2, -0.15) is 0 Å². The lowest BCUT2D eigenvalue weighted by Crippen LogP contribution is -2.52. The summed E-state index contributed by atoms with van der Waals surface area (Å²) < 4.78 is 0. The van der Waals surface area contributed by atoms with E-state index in [4.69, 9.17) is 11.6 Å². The Morgan fingerprint density at radius 2 is 1.91 bits per heavy atom. The molecule has 0 aliphatic carbocycles. The highest BCUT2D eigenvalue weighted by Gasteiger charge is 2.24. The third-order valence-electron chi connectivity index (χ3n) is 4.48. The van der Waals surface area contributed by atoms with Crippen LogP contribution in [0.4, 0.5) is 10.5 Å². The molecule has 0 radical (unpaired) electrons. The molecule has 4 nitrogen and oxygen atoms in total. The Balaban J connectivity index is 1.97. The lowest BCUT2D eigenvalue weighted by molar-refractivity contribution is 0.117. The SMILES string of the molecule is CCC(C)N1CCN(C(=O)Nc2c(C)cc(C)cc2Cl)CC1. The first-order valence-electron chi connectivity index (χ1n) is 7.99. The van der Waals surface area contributed by atoms with E-state index in [1.165, 1.54) is 0 Å². The smallest absolute Gasteiger partial charge is 0.321 e. The number of carbonyl (C=O) groups is 1. The lowest BCUT2D eigenvalue weighted by atomic mass is 10.1. The van der Waals surface area contributed by atoms with Gasteiger partial charge in [0, 0.05) is 32.2 Å². The second kappa shape index (κ2) is 7.34. The van der Waals surface area contributed by atoms with E-state index in [0.29, 0.717) is 11.1 Å². The zero-order valence-corrected chi connectivity index (χ0v) is 14.7. The molecular formula is C17H26ClN3O. The molecule has 0 saturated carbocycles. The molecule has 0 aromatic heterocycles. The molecule has 1 N–H and O–H groups in total. The minimum Gasteiger partial charge on any atom is -0.322 e. The Bertz CT molecular complexity index is 516. The average Bonchev–Trinajstić information content (AvgIpc) is 2.50. The topological polar surface area (TPSA) is 35.6 Å². The molecule has 1 aromatic carbocycles. The van der Waals surface area contributed by atoms with Gasteiger partial charge >= 0.3 is 6.03 Å². The van der Waals surface area contributed by atoms with Crippen molar-refractivity contribution in [1.29, 1.82) is 0 Å². The Morgan fingerprint density at radius 1 is 1.27 bits per heavy atom. The molecule has 122 valence electrons. The van der Waals surface area contributed by atoms with Crippen LogP contribution in [0, 0.1) is 13.8 Å². The molecule has 1 aromatic rings. The molecule has 1 saturated heterocycles. The quantitative estimate of drug-likeness (QED) is 0.915. The van der Waals surface area contributed by atoms with Crippen LogP contribution >= 0.6 is 11.6 Å². The zero-order chi connectivity index (χ0) is 16.3. The van der Waals surface area contributed by atoms with Crippen molar-refractivity contribution < 1.29 is 4.79 Å². The number of urea groups is 1. The van der Waals surface area contributed by atoms with Crippen LogP contribution in [0.25, 0.3) is 0 Å². The number of nitrogens with zero attached hydrogens (tertiary/aromatic N) is 2. The third-order valence-corrected chi connectivity index (χ3v) is 4.78. The van der Waals surface area contributed by atoms with E-state index < -0.39 is 0 Å². The highest BCUT2D eigenvalue weighted by atomic mass is 35.5. The van der Waals surface area contributed by atoms with Gasteiger partial charge in [-0.05, 0) is 44.4 Å². The van der Waals surface area contributed by atoms with Gasteiger partial charge in [0.25, 0.3) is 0 Å². The van der Waals surface area contributed by atoms with Crippen molar-refractivity contribution in [1.82, 2.24) is 9.80 Å². The number of aryl methyl sites for hydroxylation is 2. The van der Waals surface area contributed by atoms with Crippen LogP contribution in [0.15, 0.2) is 12.1 Å². The molecule has 5 heteroatoms. The minimum atomic E-state index is -0.0577. The predicted octanol–water partition coefficient (Wildman–Crippen LogP) is 3.90. The molecular weight excluding hydrogens is 298 g/mol. The maximum absolute atomic E-state index is 12.4. The number of hydrogen-bond acceptors (Lipinski definition) is 2. The van der Waals surface area contributed by atoms with Crippen LogP contribution in [0.5, 0.6) is 0 Å². The van der Waals surface area contributed by atoms with Gasteiger partial charge in [0.05, 0.1) is 10.7 Å². The minimum absolute atomic E-state index is 0.0577. The Labute approximate surface area is 138 Å². The van der Waals surface area contributed by atoms with Gasteiger partial charge in [-0.3, -0.25) is 4.90 Å². The van der Waals surface area contributed by atoms with Crippen LogP contribution < -0.4 is 5.32 Å². The van der Waals surface area contributed by atoms with Gasteiger partial charge in [-0.25, -0.2) is 4.79 Å². The summed E-state index contributed by atoms with van der Waals surface area (Å²) in [5.41, 5.74) is 2.82. The number of anilines is 1. The van der Waals surface area contributed by atoms with E-state index in [9.17, 15) is 4.79 Å². The van der Waals surface area contributed by atoms with Gasteiger partial charge in [0.15, 0.2) is 0 Å². The fraction of sp³-hybridized carbons (Fsp3) is 0.588. The first-order valence-corrected chi connectivity index (χ1v) is 8.37. The van der Waals surface area contributed by atoms with Crippen molar-refractivity contribution in [3.8, 4) is 0 Å². The van der Waals surface area contributed by atoms with Crippen molar-refractivity contribution >= 4 is 23.3 Å². The molecule has 1 atom stereocenters. The van der Waals surface area contributed by atoms with E-state index in [0.717, 1.165) is 49.4 Å². The molecule has 0 spiro atoms. The Kier molecular flexibility index (Phi) is 5.70. The number of carbonyl (C=O) groups excluding carboxylic acids is 1. The molecule has 1 aliphatic heterocycles. The van der Waals surface area contributed by atoms with E-state index in [2.05, 4.69) is 24.1 Å². The standard InChI is InChI=1S/C17H26ClN3O/c1-5-14(4)20-6-8-21(9-7-20)17(22)19-16-13(3)10-12(2)11-15(16)18/h10-11,14H,5-9H2,1-4H3,(H,19,22). The number of halogens is 1. The normalized spacial score (nSPS) is 17.4. The molecule has 0 bridgehead atoms. The number of benzene rings is 1. The summed E-state index contributed by atoms with van der Waals surface area (Å²) >= 11 is 6.26. The van der Waals surface area contributed by atoms with Crippen molar-refractivity contribution in [3.05, 3.63) is 28.3 Å². The number of nitrogens with one attached hydrogen (secondary N) is 1. The van der Waals surface area contributed by atoms with Crippen molar-refractivity contribution in [2.75, 3.05) is 31.5 Å². The second-order valence-corrected chi connectivity index (χ2v) is 6.56. The monoisotopic (exact) mass is 323 g/mol. The molecule has 1 heterocycles. The van der Waals surface area contributed by atoms with Crippen molar-refractivity contribution in [2.45, 2.75) is 40.2 Å². The molecule has 1 fully saturated rings. The summed E-state index contributed by atoms with van der Waals surface area (Å²) in [5, 5.41) is 3.57. The van der Waals surface area contributed by atoms with Gasteiger partial charge in [-0.1, -0.05) is 24.6 Å². The summed E-state index contributed by atoms with van der Waals surface area (Å²) in [7, 11) is 0. The highest BCUT2D eigenvalue weighted by Crippen LogP contribution is 2.27. The maximum atomic E-state index is 12.4. The molecule has 2 amide bonds. The summed E-state index contributed by atoms with van der Waals surface area (Å²) in [6.07, 6.45) is 1.14. The molecule has 2 rings (SSSR count). The fourth-order valence-electron chi connectivity index (χ4n) is 2.88. The van der Waals surface area contributed by atoms with E-state index in [1.807, 2.05) is 30.9 Å². The molecule has 1 unspecified atom stereocenters. The predicted molar refractivity (Wildman–Crippen MR) is 92.8 cm³/mol. The third kappa shape index (κ3) is 3.93. The Hall–Kier alpha value is -1.26. The van der Waals surface area contributed by atoms with Crippen LogP contribution in [-0.4, -0.2) is 48.1 Å². The average molecular weight is 324 g/mol. The van der Waals surface area contributed by atoms with Crippen LogP contribution in [-0.2, 0) is 0 Å². The van der Waals surface area contributed by atoms with Gasteiger partial charge < -0.3 is 10.2 Å². The Morgan fingerprint density at radius 3 is 2.45 bits per heavy atom. The number of hydrogen-bond donors (Lipinski definition) is 1. The van der Waals surface area contributed by atoms with Gasteiger partial charge in [0.2, 0.25) is 0 Å². The molecule has 1 aliphatic rings. The van der Waals surface area contributed by atoms with Crippen LogP contribution in [0.2, 0.25) is 5.02 Å². The maximum Gasteiger partial charge on any atom is 0.321 e. The number of piperazine rings is 1. The van der Waals surface area contributed by atoms with Gasteiger partial charge in [0.1, 0.15) is 0 Å². The van der Waals surface area contributed by atoms with Crippen molar-refractivity contribution in [2.24, 2.45) is 0 Å². The second-order valence-electron chi connectivity index (χ2n) is 6.15. The first-order chi connectivity index (χ1) is 10.4. The fourth-order valence-corrected chi connectivity index (χ4v) is 3.25. The van der Waals surface area contributed by atoms with Crippen LogP contribution in [0.1, 0.15) is 31.4 Å². The lowest BCUT2D eigenvalue weighted by Gasteiger charge is -2.37. The zero-order valence-electron chi connectivity index (χ0n) is 13.9. The number of amides is 2. The first kappa shape index (κ1) is 17.1. The molecule has 22 heavy (non-hydrogen) atoms. The summed E-state index contributed by atoms with van der Waals surface area (Å²) in [4.78, 5) is 16.7. The van der Waals surface area contributed by atoms with Crippen molar-refractivity contribution in [3.63, 3.8) is 0 Å². The summed E-state index contributed by atoms with van der Waals surface area (Å²) in [5.74, 6) is 0. The summed E-state index contributed by atoms with van der Waals surface area (Å²) in [6, 6.07) is 4.43. The van der Waals surface area contributed by atoms with Crippen LogP contribution in [0.3, 0.4) is 0 Å². The van der Waals surface area contributed by atoms with E-state index >= 15 is 0 Å². The van der Waals surface area contributed by atoms with E-state index in [-0.39, 0.29) is 6.03 Å². The van der Waals surface area contributed by atoms with Gasteiger partial charge in [-0.15, -0.1) is 0 Å². The largest absolute Gasteiger partial charge is 0.322 e. The number of rotatable bonds is 3.